The molecule has 1 fully saturated rings. The number of hydrogen-bond acceptors (Lipinski definition) is 1. The van der Waals surface area contributed by atoms with Crippen LogP contribution in [-0.2, 0) is 0 Å². The molecule has 0 aliphatic heterocycles. The summed E-state index contributed by atoms with van der Waals surface area (Å²) in [5.74, 6) is -0.160. The molecule has 100 valence electrons. The first kappa shape index (κ1) is 14.1. The van der Waals surface area contributed by atoms with E-state index in [0.29, 0.717) is 11.5 Å². The molecule has 0 bridgehead atoms. The second kappa shape index (κ2) is 5.76. The Morgan fingerprint density at radius 1 is 1.28 bits per heavy atom. The largest absolute Gasteiger partial charge is 0.381 e. The summed E-state index contributed by atoms with van der Waals surface area (Å²) in [6, 6.07) is 5.51. The Labute approximate surface area is 123 Å². The van der Waals surface area contributed by atoms with Gasteiger partial charge in [-0.25, -0.2) is 4.39 Å². The Morgan fingerprint density at radius 3 is 2.78 bits per heavy atom. The van der Waals surface area contributed by atoms with Gasteiger partial charge in [-0.1, -0.05) is 20.3 Å². The van der Waals surface area contributed by atoms with Gasteiger partial charge < -0.3 is 5.32 Å². The first-order valence-electron chi connectivity index (χ1n) is 6.68. The highest BCUT2D eigenvalue weighted by molar-refractivity contribution is 14.1. The summed E-state index contributed by atoms with van der Waals surface area (Å²) in [6.07, 6.45) is 6.29. The predicted octanol–water partition coefficient (Wildman–Crippen LogP) is 5.20. The van der Waals surface area contributed by atoms with Gasteiger partial charge in [0.05, 0.1) is 0 Å². The molecule has 18 heavy (non-hydrogen) atoms. The van der Waals surface area contributed by atoms with Crippen LogP contribution in [0.15, 0.2) is 18.2 Å². The number of rotatable bonds is 2. The van der Waals surface area contributed by atoms with Gasteiger partial charge in [-0.3, -0.25) is 0 Å². The second-order valence-corrected chi connectivity index (χ2v) is 7.22. The molecule has 3 heteroatoms. The summed E-state index contributed by atoms with van der Waals surface area (Å²) >= 11 is 2.20. The van der Waals surface area contributed by atoms with Crippen LogP contribution in [0.1, 0.15) is 46.0 Å². The van der Waals surface area contributed by atoms with Crippen molar-refractivity contribution in [3.63, 3.8) is 0 Å². The predicted molar refractivity (Wildman–Crippen MR) is 83.4 cm³/mol. The molecule has 1 aromatic carbocycles. The van der Waals surface area contributed by atoms with Crippen molar-refractivity contribution in [1.29, 1.82) is 0 Å². The van der Waals surface area contributed by atoms with E-state index in [4.69, 9.17) is 0 Å². The molecule has 0 amide bonds. The van der Waals surface area contributed by atoms with Crippen LogP contribution in [0.2, 0.25) is 0 Å². The van der Waals surface area contributed by atoms with E-state index < -0.39 is 0 Å². The first-order chi connectivity index (χ1) is 8.46. The Hall–Kier alpha value is -0.320. The lowest BCUT2D eigenvalue weighted by molar-refractivity contribution is 0.313. The van der Waals surface area contributed by atoms with Crippen molar-refractivity contribution in [2.45, 2.75) is 52.0 Å². The van der Waals surface area contributed by atoms with E-state index in [0.717, 1.165) is 9.26 Å². The number of anilines is 1. The van der Waals surface area contributed by atoms with Crippen molar-refractivity contribution < 1.29 is 4.39 Å². The second-order valence-electron chi connectivity index (χ2n) is 6.06. The third kappa shape index (κ3) is 3.84. The molecule has 1 saturated carbocycles. The maximum absolute atomic E-state index is 13.1. The van der Waals surface area contributed by atoms with Crippen LogP contribution in [0.3, 0.4) is 0 Å². The van der Waals surface area contributed by atoms with E-state index in [2.05, 4.69) is 41.8 Å². The van der Waals surface area contributed by atoms with Crippen molar-refractivity contribution in [2.75, 3.05) is 5.32 Å². The number of halogens is 2. The van der Waals surface area contributed by atoms with Gasteiger partial charge in [-0.2, -0.15) is 0 Å². The maximum atomic E-state index is 13.1. The minimum atomic E-state index is -0.160. The molecule has 0 aromatic heterocycles. The first-order valence-corrected chi connectivity index (χ1v) is 7.76. The van der Waals surface area contributed by atoms with E-state index in [9.17, 15) is 4.39 Å². The van der Waals surface area contributed by atoms with E-state index in [1.807, 2.05) is 6.07 Å². The summed E-state index contributed by atoms with van der Waals surface area (Å²) in [7, 11) is 0. The third-order valence-electron chi connectivity index (χ3n) is 3.87. The molecule has 0 spiro atoms. The molecule has 1 nitrogen and oxygen atoms in total. The zero-order chi connectivity index (χ0) is 13.2. The van der Waals surface area contributed by atoms with E-state index in [-0.39, 0.29) is 5.82 Å². The van der Waals surface area contributed by atoms with Crippen LogP contribution in [0.4, 0.5) is 10.1 Å². The van der Waals surface area contributed by atoms with Crippen LogP contribution in [0.25, 0.3) is 0 Å². The number of nitrogens with one attached hydrogen (secondary N) is 1. The fraction of sp³-hybridized carbons (Fsp3) is 0.600. The van der Waals surface area contributed by atoms with E-state index >= 15 is 0 Å². The molecule has 1 aliphatic rings. The van der Waals surface area contributed by atoms with Gasteiger partial charge in [0.25, 0.3) is 0 Å². The van der Waals surface area contributed by atoms with E-state index in [1.165, 1.54) is 38.2 Å². The summed E-state index contributed by atoms with van der Waals surface area (Å²) < 4.78 is 14.0. The van der Waals surface area contributed by atoms with Crippen LogP contribution in [0, 0.1) is 14.8 Å². The topological polar surface area (TPSA) is 12.0 Å². The zero-order valence-electron chi connectivity index (χ0n) is 11.1. The lowest BCUT2D eigenvalue weighted by Crippen LogP contribution is -2.19. The van der Waals surface area contributed by atoms with Gasteiger partial charge >= 0.3 is 0 Å². The van der Waals surface area contributed by atoms with Gasteiger partial charge in [0.1, 0.15) is 5.82 Å². The molecule has 0 radical (unpaired) electrons. The molecule has 1 N–H and O–H groups in total. The van der Waals surface area contributed by atoms with Crippen LogP contribution < -0.4 is 5.32 Å². The summed E-state index contributed by atoms with van der Waals surface area (Å²) in [4.78, 5) is 0. The highest BCUT2D eigenvalue weighted by Gasteiger charge is 2.24. The van der Waals surface area contributed by atoms with Crippen molar-refractivity contribution in [2.24, 2.45) is 5.41 Å². The molecular weight excluding hydrogens is 340 g/mol. The normalized spacial score (nSPS) is 23.4. The fourth-order valence-corrected chi connectivity index (χ4v) is 3.27. The Balaban J connectivity index is 2.01. The minimum Gasteiger partial charge on any atom is -0.381 e. The molecule has 0 heterocycles. The molecule has 1 unspecified atom stereocenters. The molecule has 1 atom stereocenters. The average Bonchev–Trinajstić information content (AvgIpc) is 2.44. The van der Waals surface area contributed by atoms with Gasteiger partial charge in [-0.15, -0.1) is 0 Å². The van der Waals surface area contributed by atoms with Crippen LogP contribution in [0.5, 0.6) is 0 Å². The average molecular weight is 361 g/mol. The summed E-state index contributed by atoms with van der Waals surface area (Å²) in [6.45, 7) is 4.72. The molecule has 1 aromatic rings. The lowest BCUT2D eigenvalue weighted by Gasteiger charge is -2.22. The monoisotopic (exact) mass is 361 g/mol. The van der Waals surface area contributed by atoms with Gasteiger partial charge in [0.15, 0.2) is 0 Å². The Kier molecular flexibility index (Phi) is 4.51. The van der Waals surface area contributed by atoms with Crippen LogP contribution >= 0.6 is 22.6 Å². The Bertz CT molecular complexity index is 417. The van der Waals surface area contributed by atoms with Crippen molar-refractivity contribution in [3.8, 4) is 0 Å². The highest BCUT2D eigenvalue weighted by Crippen LogP contribution is 2.35. The fourth-order valence-electron chi connectivity index (χ4n) is 2.63. The van der Waals surface area contributed by atoms with Gasteiger partial charge in [-0.05, 0) is 71.9 Å². The molecule has 0 saturated heterocycles. The third-order valence-corrected chi connectivity index (χ3v) is 4.76. The quantitative estimate of drug-likeness (QED) is 0.564. The minimum absolute atomic E-state index is 0.160. The number of hydrogen-bond donors (Lipinski definition) is 1. The number of benzene rings is 1. The molecular formula is C15H21FIN. The standard InChI is InChI=1S/C15H21FIN/c1-15(2)8-3-4-12(7-9-15)18-14-6-5-11(16)10-13(14)17/h5-6,10,12,18H,3-4,7-9H2,1-2H3. The lowest BCUT2D eigenvalue weighted by atomic mass is 9.85. The van der Waals surface area contributed by atoms with Gasteiger partial charge in [0, 0.05) is 15.3 Å². The smallest absolute Gasteiger partial charge is 0.124 e. The van der Waals surface area contributed by atoms with Crippen molar-refractivity contribution in [1.82, 2.24) is 0 Å². The van der Waals surface area contributed by atoms with Gasteiger partial charge in [0.2, 0.25) is 0 Å². The molecule has 2 rings (SSSR count). The Morgan fingerprint density at radius 2 is 2.06 bits per heavy atom. The summed E-state index contributed by atoms with van der Waals surface area (Å²) in [5, 5.41) is 3.58. The van der Waals surface area contributed by atoms with Crippen molar-refractivity contribution in [3.05, 3.63) is 27.6 Å². The van der Waals surface area contributed by atoms with Crippen LogP contribution in [-0.4, -0.2) is 6.04 Å². The van der Waals surface area contributed by atoms with Crippen molar-refractivity contribution >= 4 is 28.3 Å². The summed E-state index contributed by atoms with van der Waals surface area (Å²) in [5.41, 5.74) is 1.55. The van der Waals surface area contributed by atoms with E-state index in [1.54, 1.807) is 6.07 Å². The molecule has 1 aliphatic carbocycles. The highest BCUT2D eigenvalue weighted by atomic mass is 127. The maximum Gasteiger partial charge on any atom is 0.124 e. The zero-order valence-corrected chi connectivity index (χ0v) is 13.3. The SMILES string of the molecule is CC1(C)CCCC(Nc2ccc(F)cc2I)CC1.